The van der Waals surface area contributed by atoms with Crippen LogP contribution in [0, 0.1) is 0 Å². The Hall–Kier alpha value is -2.33. The molecule has 30 heavy (non-hydrogen) atoms. The Morgan fingerprint density at radius 1 is 1.20 bits per heavy atom. The molecule has 158 valence electrons. The third-order valence-electron chi connectivity index (χ3n) is 4.62. The van der Waals surface area contributed by atoms with Gasteiger partial charge < -0.3 is 5.32 Å². The lowest BCUT2D eigenvalue weighted by molar-refractivity contribution is -0.142. The molecule has 3 aromatic rings. The molecule has 1 N–H and O–H groups in total. The molecule has 0 spiro atoms. The molecule has 0 atom stereocenters. The van der Waals surface area contributed by atoms with Crippen LogP contribution in [0.1, 0.15) is 35.7 Å². The topological polar surface area (TPSA) is 64.7 Å². The first-order chi connectivity index (χ1) is 14.2. The van der Waals surface area contributed by atoms with Gasteiger partial charge in [0.25, 0.3) is 0 Å². The van der Waals surface area contributed by atoms with Crippen LogP contribution in [0.25, 0.3) is 0 Å². The van der Waals surface area contributed by atoms with Crippen LogP contribution in [0.4, 0.5) is 19.0 Å². The third-order valence-corrected chi connectivity index (χ3v) is 5.66. The van der Waals surface area contributed by atoms with E-state index in [0.717, 1.165) is 23.1 Å². The summed E-state index contributed by atoms with van der Waals surface area (Å²) in [7, 11) is 0. The lowest BCUT2D eigenvalue weighted by Crippen LogP contribution is -2.21. The summed E-state index contributed by atoms with van der Waals surface area (Å²) in [4.78, 5) is 12.4. The van der Waals surface area contributed by atoms with Crippen LogP contribution in [-0.2, 0) is 24.1 Å². The minimum atomic E-state index is -4.59. The number of amides is 1. The van der Waals surface area contributed by atoms with Gasteiger partial charge in [-0.1, -0.05) is 23.7 Å². The maximum Gasteiger partial charge on any atom is 0.436 e. The van der Waals surface area contributed by atoms with Gasteiger partial charge in [-0.15, -0.1) is 0 Å². The molecular formula is C19H16BrClF3N5O. The highest BCUT2D eigenvalue weighted by atomic mass is 79.9. The second kappa shape index (κ2) is 8.07. The number of hydrogen-bond donors (Lipinski definition) is 1. The van der Waals surface area contributed by atoms with Gasteiger partial charge in [-0.3, -0.25) is 14.2 Å². The van der Waals surface area contributed by atoms with Gasteiger partial charge in [-0.25, -0.2) is 0 Å². The van der Waals surface area contributed by atoms with Gasteiger partial charge in [0.05, 0.1) is 16.7 Å². The van der Waals surface area contributed by atoms with Crippen LogP contribution >= 0.6 is 27.5 Å². The molecule has 0 radical (unpaired) electrons. The van der Waals surface area contributed by atoms with Crippen molar-refractivity contribution < 1.29 is 18.0 Å². The second-order valence-corrected chi connectivity index (χ2v) is 8.28. The average molecular weight is 503 g/mol. The minimum Gasteiger partial charge on any atom is -0.308 e. The van der Waals surface area contributed by atoms with Crippen molar-refractivity contribution in [3.63, 3.8) is 0 Å². The predicted octanol–water partition coefficient (Wildman–Crippen LogP) is 5.08. The van der Waals surface area contributed by atoms with E-state index in [1.807, 2.05) is 12.1 Å². The number of anilines is 1. The van der Waals surface area contributed by atoms with Gasteiger partial charge in [0, 0.05) is 23.2 Å². The van der Waals surface area contributed by atoms with E-state index in [1.165, 1.54) is 0 Å². The predicted molar refractivity (Wildman–Crippen MR) is 108 cm³/mol. The third kappa shape index (κ3) is 4.70. The monoisotopic (exact) mass is 501 g/mol. The molecule has 1 fully saturated rings. The first kappa shape index (κ1) is 20.9. The molecule has 0 bridgehead atoms. The summed E-state index contributed by atoms with van der Waals surface area (Å²) in [5.74, 6) is -0.212. The van der Waals surface area contributed by atoms with Crippen molar-refractivity contribution in [1.82, 2.24) is 19.6 Å². The van der Waals surface area contributed by atoms with E-state index >= 15 is 0 Å². The molecular weight excluding hydrogens is 487 g/mol. The fourth-order valence-electron chi connectivity index (χ4n) is 3.11. The van der Waals surface area contributed by atoms with Crippen LogP contribution in [0.3, 0.4) is 0 Å². The molecule has 4 rings (SSSR count). The molecule has 1 aliphatic carbocycles. The highest BCUT2D eigenvalue weighted by molar-refractivity contribution is 9.10. The van der Waals surface area contributed by atoms with Gasteiger partial charge in [0.1, 0.15) is 6.54 Å². The zero-order valence-corrected chi connectivity index (χ0v) is 17.8. The lowest BCUT2D eigenvalue weighted by Gasteiger charge is -2.07. The first-order valence-electron chi connectivity index (χ1n) is 9.12. The molecule has 1 aliphatic rings. The summed E-state index contributed by atoms with van der Waals surface area (Å²) in [5.41, 5.74) is 0.380. The number of hydrogen-bond acceptors (Lipinski definition) is 3. The Labute approximate surface area is 183 Å². The van der Waals surface area contributed by atoms with Crippen molar-refractivity contribution in [2.45, 2.75) is 38.0 Å². The fraction of sp³-hybridized carbons (Fsp3) is 0.316. The SMILES string of the molecule is O=C(Cn1nc(C(F)(F)F)c(Br)c1C1CC1)Nc1ccn(Cc2ccc(Cl)cc2)n1. The lowest BCUT2D eigenvalue weighted by atomic mass is 10.2. The van der Waals surface area contributed by atoms with Crippen molar-refractivity contribution in [3.8, 4) is 0 Å². The highest BCUT2D eigenvalue weighted by Gasteiger charge is 2.41. The van der Waals surface area contributed by atoms with E-state index in [0.29, 0.717) is 23.1 Å². The maximum atomic E-state index is 13.2. The van der Waals surface area contributed by atoms with Crippen LogP contribution in [0.5, 0.6) is 0 Å². The van der Waals surface area contributed by atoms with Gasteiger partial charge in [0.15, 0.2) is 11.5 Å². The molecule has 1 amide bonds. The van der Waals surface area contributed by atoms with Gasteiger partial charge in [-0.05, 0) is 46.5 Å². The Morgan fingerprint density at radius 3 is 2.53 bits per heavy atom. The number of halogens is 5. The van der Waals surface area contributed by atoms with E-state index in [2.05, 4.69) is 31.4 Å². The smallest absolute Gasteiger partial charge is 0.308 e. The summed E-state index contributed by atoms with van der Waals surface area (Å²) < 4.78 is 42.2. The molecule has 1 aromatic carbocycles. The van der Waals surface area contributed by atoms with Gasteiger partial charge in [-0.2, -0.15) is 23.4 Å². The molecule has 11 heteroatoms. The standard InChI is InChI=1S/C19H16BrClF3N5O/c20-16-17(12-3-4-12)29(27-18(16)19(22,23)24)10-15(30)25-14-7-8-28(26-14)9-11-1-5-13(21)6-2-11/h1-2,5-8,12H,3-4,9-10H2,(H,25,26,30). The largest absolute Gasteiger partial charge is 0.436 e. The Bertz CT molecular complexity index is 1070. The number of nitrogens with one attached hydrogen (secondary N) is 1. The van der Waals surface area contributed by atoms with E-state index in [1.54, 1.807) is 29.1 Å². The molecule has 1 saturated carbocycles. The van der Waals surface area contributed by atoms with Crippen molar-refractivity contribution in [2.24, 2.45) is 0 Å². The second-order valence-electron chi connectivity index (χ2n) is 7.05. The summed E-state index contributed by atoms with van der Waals surface area (Å²) in [5, 5.41) is 11.2. The van der Waals surface area contributed by atoms with Crippen LogP contribution in [0.15, 0.2) is 41.0 Å². The summed E-state index contributed by atoms with van der Waals surface area (Å²) in [6, 6.07) is 8.91. The zero-order chi connectivity index (χ0) is 21.5. The van der Waals surface area contributed by atoms with Gasteiger partial charge in [0.2, 0.25) is 5.91 Å². The molecule has 0 unspecified atom stereocenters. The fourth-order valence-corrected chi connectivity index (χ4v) is 4.07. The minimum absolute atomic E-state index is 0.0191. The zero-order valence-electron chi connectivity index (χ0n) is 15.5. The van der Waals surface area contributed by atoms with Gasteiger partial charge >= 0.3 is 6.18 Å². The summed E-state index contributed by atoms with van der Waals surface area (Å²) in [6.07, 6.45) is -1.34. The van der Waals surface area contributed by atoms with Crippen molar-refractivity contribution in [2.75, 3.05) is 5.32 Å². The van der Waals surface area contributed by atoms with E-state index in [4.69, 9.17) is 11.6 Å². The first-order valence-corrected chi connectivity index (χ1v) is 10.3. The molecule has 2 heterocycles. The Balaban J connectivity index is 1.44. The number of aromatic nitrogens is 4. The van der Waals surface area contributed by atoms with E-state index in [9.17, 15) is 18.0 Å². The number of carbonyl (C=O) groups excluding carboxylic acids is 1. The van der Waals surface area contributed by atoms with Crippen molar-refractivity contribution in [1.29, 1.82) is 0 Å². The molecule has 0 saturated heterocycles. The molecule has 6 nitrogen and oxygen atoms in total. The highest BCUT2D eigenvalue weighted by Crippen LogP contribution is 2.46. The molecule has 0 aliphatic heterocycles. The van der Waals surface area contributed by atoms with Crippen LogP contribution in [0.2, 0.25) is 5.02 Å². The number of nitrogens with zero attached hydrogens (tertiary/aromatic N) is 4. The van der Waals surface area contributed by atoms with Crippen molar-refractivity contribution >= 4 is 39.3 Å². The molecule has 2 aromatic heterocycles. The van der Waals surface area contributed by atoms with Crippen molar-refractivity contribution in [3.05, 3.63) is 63.0 Å². The number of rotatable bonds is 6. The van der Waals surface area contributed by atoms with E-state index < -0.39 is 17.8 Å². The number of benzene rings is 1. The van der Waals surface area contributed by atoms with Crippen LogP contribution in [-0.4, -0.2) is 25.5 Å². The summed E-state index contributed by atoms with van der Waals surface area (Å²) in [6.45, 7) is 0.157. The Morgan fingerprint density at radius 2 is 1.90 bits per heavy atom. The quantitative estimate of drug-likeness (QED) is 0.511. The number of alkyl halides is 3. The van der Waals surface area contributed by atoms with Crippen LogP contribution < -0.4 is 5.32 Å². The average Bonchev–Trinajstić information content (AvgIpc) is 3.31. The summed E-state index contributed by atoms with van der Waals surface area (Å²) >= 11 is 8.89. The normalized spacial score (nSPS) is 14.2. The Kier molecular flexibility index (Phi) is 5.63. The van der Waals surface area contributed by atoms with E-state index in [-0.39, 0.29) is 16.9 Å². The number of carbonyl (C=O) groups is 1. The maximum absolute atomic E-state index is 13.2.